The molecule has 3 unspecified atom stereocenters. The Kier molecular flexibility index (Phi) is 3.93. The summed E-state index contributed by atoms with van der Waals surface area (Å²) in [7, 11) is 0. The zero-order chi connectivity index (χ0) is 10.8. The Morgan fingerprint density at radius 3 is 2.64 bits per heavy atom. The lowest BCUT2D eigenvalue weighted by Gasteiger charge is -2.34. The van der Waals surface area contributed by atoms with Gasteiger partial charge < -0.3 is 15.2 Å². The summed E-state index contributed by atoms with van der Waals surface area (Å²) in [5, 5.41) is 13.2. The second-order valence-corrected chi connectivity index (χ2v) is 4.94. The minimum absolute atomic E-state index is 0.123. The fourth-order valence-corrected chi connectivity index (χ4v) is 1.71. The molecule has 3 nitrogen and oxygen atoms in total. The Morgan fingerprint density at radius 1 is 1.50 bits per heavy atom. The van der Waals surface area contributed by atoms with Crippen LogP contribution >= 0.6 is 0 Å². The molecule has 0 saturated carbocycles. The molecule has 1 heterocycles. The van der Waals surface area contributed by atoms with Gasteiger partial charge in [-0.2, -0.15) is 0 Å². The SMILES string of the molecule is CC1CC(NC(C)C(C)(C)O)CCO1. The van der Waals surface area contributed by atoms with E-state index in [1.165, 1.54) is 0 Å². The molecule has 3 atom stereocenters. The molecule has 14 heavy (non-hydrogen) atoms. The number of nitrogens with one attached hydrogen (secondary N) is 1. The zero-order valence-corrected chi connectivity index (χ0v) is 9.71. The second kappa shape index (κ2) is 4.60. The first-order valence-corrected chi connectivity index (χ1v) is 5.49. The molecule has 1 fully saturated rings. The van der Waals surface area contributed by atoms with Gasteiger partial charge in [-0.05, 0) is 40.5 Å². The van der Waals surface area contributed by atoms with Crippen LogP contribution in [0.15, 0.2) is 0 Å². The maximum atomic E-state index is 9.79. The molecule has 0 aromatic rings. The maximum Gasteiger partial charge on any atom is 0.0741 e. The van der Waals surface area contributed by atoms with E-state index in [1.54, 1.807) is 0 Å². The van der Waals surface area contributed by atoms with Crippen LogP contribution in [-0.4, -0.2) is 35.5 Å². The van der Waals surface area contributed by atoms with Crippen LogP contribution in [0, 0.1) is 0 Å². The van der Waals surface area contributed by atoms with Crippen molar-refractivity contribution in [1.29, 1.82) is 0 Å². The maximum absolute atomic E-state index is 9.79. The molecule has 0 aliphatic carbocycles. The minimum atomic E-state index is -0.651. The smallest absolute Gasteiger partial charge is 0.0741 e. The van der Waals surface area contributed by atoms with Crippen LogP contribution in [0.1, 0.15) is 40.5 Å². The first kappa shape index (κ1) is 12.0. The van der Waals surface area contributed by atoms with Gasteiger partial charge in [-0.3, -0.25) is 0 Å². The van der Waals surface area contributed by atoms with Gasteiger partial charge in [0, 0.05) is 18.7 Å². The Hall–Kier alpha value is -0.120. The summed E-state index contributed by atoms with van der Waals surface area (Å²) < 4.78 is 5.47. The van der Waals surface area contributed by atoms with Gasteiger partial charge in [0.15, 0.2) is 0 Å². The first-order valence-electron chi connectivity index (χ1n) is 5.49. The second-order valence-electron chi connectivity index (χ2n) is 4.94. The summed E-state index contributed by atoms with van der Waals surface area (Å²) in [5.74, 6) is 0. The highest BCUT2D eigenvalue weighted by Gasteiger charge is 2.27. The van der Waals surface area contributed by atoms with E-state index < -0.39 is 5.60 Å². The average molecular weight is 201 g/mol. The van der Waals surface area contributed by atoms with Crippen molar-refractivity contribution < 1.29 is 9.84 Å². The topological polar surface area (TPSA) is 41.5 Å². The van der Waals surface area contributed by atoms with Gasteiger partial charge in [0.2, 0.25) is 0 Å². The van der Waals surface area contributed by atoms with Gasteiger partial charge in [0.1, 0.15) is 0 Å². The lowest BCUT2D eigenvalue weighted by atomic mass is 9.97. The van der Waals surface area contributed by atoms with Gasteiger partial charge in [0.05, 0.1) is 11.7 Å². The highest BCUT2D eigenvalue weighted by Crippen LogP contribution is 2.16. The van der Waals surface area contributed by atoms with Crippen LogP contribution in [0.2, 0.25) is 0 Å². The van der Waals surface area contributed by atoms with Crippen molar-refractivity contribution in [3.8, 4) is 0 Å². The van der Waals surface area contributed by atoms with Gasteiger partial charge in [0.25, 0.3) is 0 Å². The van der Waals surface area contributed by atoms with E-state index in [2.05, 4.69) is 12.2 Å². The molecule has 0 bridgehead atoms. The highest BCUT2D eigenvalue weighted by atomic mass is 16.5. The van der Waals surface area contributed by atoms with Crippen LogP contribution in [-0.2, 0) is 4.74 Å². The molecule has 0 aromatic carbocycles. The fourth-order valence-electron chi connectivity index (χ4n) is 1.71. The van der Waals surface area contributed by atoms with E-state index in [1.807, 2.05) is 20.8 Å². The predicted octanol–water partition coefficient (Wildman–Crippen LogP) is 1.30. The Morgan fingerprint density at radius 2 is 2.14 bits per heavy atom. The van der Waals surface area contributed by atoms with Crippen LogP contribution in [0.5, 0.6) is 0 Å². The Labute approximate surface area is 86.8 Å². The highest BCUT2D eigenvalue weighted by molar-refractivity contribution is 4.85. The van der Waals surface area contributed by atoms with E-state index >= 15 is 0 Å². The third kappa shape index (κ3) is 3.56. The molecule has 84 valence electrons. The van der Waals surface area contributed by atoms with Crippen LogP contribution in [0.3, 0.4) is 0 Å². The molecule has 2 N–H and O–H groups in total. The van der Waals surface area contributed by atoms with E-state index in [0.29, 0.717) is 12.1 Å². The van der Waals surface area contributed by atoms with E-state index in [9.17, 15) is 5.11 Å². The Bertz CT molecular complexity index is 177. The number of hydrogen-bond acceptors (Lipinski definition) is 3. The normalized spacial score (nSPS) is 31.5. The van der Waals surface area contributed by atoms with Gasteiger partial charge >= 0.3 is 0 Å². The standard InChI is InChI=1S/C11H23NO2/c1-8-7-10(5-6-14-8)12-9(2)11(3,4)13/h8-10,12-13H,5-7H2,1-4H3. The largest absolute Gasteiger partial charge is 0.389 e. The van der Waals surface area contributed by atoms with Crippen molar-refractivity contribution in [1.82, 2.24) is 5.32 Å². The van der Waals surface area contributed by atoms with Crippen molar-refractivity contribution in [3.05, 3.63) is 0 Å². The van der Waals surface area contributed by atoms with Gasteiger partial charge in [-0.1, -0.05) is 0 Å². The number of rotatable bonds is 3. The molecule has 1 rings (SSSR count). The molecular formula is C11H23NO2. The molecule has 0 spiro atoms. The van der Waals surface area contributed by atoms with Gasteiger partial charge in [-0.25, -0.2) is 0 Å². The Balaban J connectivity index is 2.36. The van der Waals surface area contributed by atoms with Crippen LogP contribution in [0.4, 0.5) is 0 Å². The zero-order valence-electron chi connectivity index (χ0n) is 9.71. The monoisotopic (exact) mass is 201 g/mol. The minimum Gasteiger partial charge on any atom is -0.389 e. The molecule has 3 heteroatoms. The average Bonchev–Trinajstić information content (AvgIpc) is 2.02. The number of ether oxygens (including phenoxy) is 1. The third-order valence-corrected chi connectivity index (χ3v) is 3.03. The third-order valence-electron chi connectivity index (χ3n) is 3.03. The molecule has 1 aliphatic heterocycles. The summed E-state index contributed by atoms with van der Waals surface area (Å²) in [6.45, 7) is 8.64. The molecular weight excluding hydrogens is 178 g/mol. The first-order chi connectivity index (χ1) is 6.39. The summed E-state index contributed by atoms with van der Waals surface area (Å²) in [6, 6.07) is 0.609. The van der Waals surface area contributed by atoms with Crippen LogP contribution < -0.4 is 5.32 Å². The lowest BCUT2D eigenvalue weighted by molar-refractivity contribution is -0.00491. The lowest BCUT2D eigenvalue weighted by Crippen LogP contribution is -2.51. The van der Waals surface area contributed by atoms with Gasteiger partial charge in [-0.15, -0.1) is 0 Å². The van der Waals surface area contributed by atoms with Crippen molar-refractivity contribution in [2.24, 2.45) is 0 Å². The molecule has 0 radical (unpaired) electrons. The summed E-state index contributed by atoms with van der Waals surface area (Å²) in [6.07, 6.45) is 2.43. The van der Waals surface area contributed by atoms with Crippen LogP contribution in [0.25, 0.3) is 0 Å². The summed E-state index contributed by atoms with van der Waals surface area (Å²) in [4.78, 5) is 0. The molecule has 0 aromatic heterocycles. The molecule has 1 saturated heterocycles. The fraction of sp³-hybridized carbons (Fsp3) is 1.00. The molecule has 1 aliphatic rings. The van der Waals surface area contributed by atoms with Crippen molar-refractivity contribution in [2.75, 3.05) is 6.61 Å². The predicted molar refractivity (Wildman–Crippen MR) is 57.3 cm³/mol. The number of aliphatic hydroxyl groups is 1. The summed E-state index contributed by atoms with van der Waals surface area (Å²) in [5.41, 5.74) is -0.651. The van der Waals surface area contributed by atoms with E-state index in [-0.39, 0.29) is 6.04 Å². The number of hydrogen-bond donors (Lipinski definition) is 2. The van der Waals surface area contributed by atoms with E-state index in [4.69, 9.17) is 4.74 Å². The molecule has 0 amide bonds. The summed E-state index contributed by atoms with van der Waals surface area (Å²) >= 11 is 0. The van der Waals surface area contributed by atoms with Crippen molar-refractivity contribution in [2.45, 2.75) is 64.3 Å². The van der Waals surface area contributed by atoms with E-state index in [0.717, 1.165) is 19.4 Å². The van der Waals surface area contributed by atoms with Crippen molar-refractivity contribution in [3.63, 3.8) is 0 Å². The van der Waals surface area contributed by atoms with Crippen molar-refractivity contribution >= 4 is 0 Å². The quantitative estimate of drug-likeness (QED) is 0.723.